The molecule has 0 spiro atoms. The minimum Gasteiger partial charge on any atom is -0.481 e. The number of hydrogen-bond donors (Lipinski definition) is 2. The Morgan fingerprint density at radius 2 is 2.11 bits per heavy atom. The van der Waals surface area contributed by atoms with E-state index in [9.17, 15) is 9.59 Å². The Hall–Kier alpha value is -1.10. The van der Waals surface area contributed by atoms with Crippen LogP contribution >= 0.6 is 0 Å². The topological polar surface area (TPSA) is 69.6 Å². The lowest BCUT2D eigenvalue weighted by molar-refractivity contribution is -0.138. The normalized spacial score (nSPS) is 28.1. The van der Waals surface area contributed by atoms with Gasteiger partial charge in [-0.2, -0.15) is 0 Å². The minimum absolute atomic E-state index is 0.131. The Labute approximate surface area is 114 Å². The highest BCUT2D eigenvalue weighted by molar-refractivity contribution is 5.79. The summed E-state index contributed by atoms with van der Waals surface area (Å²) in [6, 6.07) is 0. The second kappa shape index (κ2) is 6.89. The van der Waals surface area contributed by atoms with Gasteiger partial charge in [-0.3, -0.25) is 9.59 Å². The molecule has 0 radical (unpaired) electrons. The fraction of sp³-hybridized carbons (Fsp3) is 0.857. The summed E-state index contributed by atoms with van der Waals surface area (Å²) in [5.41, 5.74) is 0. The van der Waals surface area contributed by atoms with Crippen molar-refractivity contribution in [1.29, 1.82) is 0 Å². The van der Waals surface area contributed by atoms with Crippen molar-refractivity contribution in [2.75, 3.05) is 26.2 Å². The summed E-state index contributed by atoms with van der Waals surface area (Å²) < 4.78 is 0. The molecule has 2 heterocycles. The van der Waals surface area contributed by atoms with Crippen molar-refractivity contribution in [3.63, 3.8) is 0 Å². The van der Waals surface area contributed by atoms with Gasteiger partial charge in [0.05, 0.1) is 5.92 Å². The number of carbonyl (C=O) groups is 2. The zero-order valence-corrected chi connectivity index (χ0v) is 11.4. The number of amides is 1. The van der Waals surface area contributed by atoms with E-state index in [0.29, 0.717) is 12.3 Å². The molecule has 1 unspecified atom stereocenters. The van der Waals surface area contributed by atoms with Crippen LogP contribution in [0.15, 0.2) is 0 Å². The van der Waals surface area contributed by atoms with Gasteiger partial charge in [-0.1, -0.05) is 0 Å². The molecule has 0 aliphatic carbocycles. The lowest BCUT2D eigenvalue weighted by Crippen LogP contribution is -2.47. The maximum Gasteiger partial charge on any atom is 0.303 e. The van der Waals surface area contributed by atoms with Crippen LogP contribution in [0.3, 0.4) is 0 Å². The van der Waals surface area contributed by atoms with Gasteiger partial charge in [0.1, 0.15) is 0 Å². The molecule has 0 saturated carbocycles. The summed E-state index contributed by atoms with van der Waals surface area (Å²) in [6.45, 7) is 3.42. The summed E-state index contributed by atoms with van der Waals surface area (Å²) in [5, 5.41) is 12.0. The molecule has 2 N–H and O–H groups in total. The number of likely N-dealkylation sites (tertiary alicyclic amines) is 1. The van der Waals surface area contributed by atoms with Gasteiger partial charge in [-0.15, -0.1) is 0 Å². The molecule has 1 amide bonds. The average molecular weight is 268 g/mol. The van der Waals surface area contributed by atoms with E-state index in [1.807, 2.05) is 4.90 Å². The van der Waals surface area contributed by atoms with Gasteiger partial charge < -0.3 is 15.3 Å². The monoisotopic (exact) mass is 268 g/mol. The van der Waals surface area contributed by atoms with Crippen molar-refractivity contribution < 1.29 is 14.7 Å². The number of carboxylic acids is 1. The lowest BCUT2D eigenvalue weighted by Gasteiger charge is -2.36. The molecule has 0 aromatic carbocycles. The Morgan fingerprint density at radius 1 is 1.26 bits per heavy atom. The van der Waals surface area contributed by atoms with E-state index in [2.05, 4.69) is 5.32 Å². The number of nitrogens with zero attached hydrogens (tertiary/aromatic N) is 1. The third kappa shape index (κ3) is 4.20. The number of nitrogens with one attached hydrogen (secondary N) is 1. The van der Waals surface area contributed by atoms with Crippen molar-refractivity contribution in [3.8, 4) is 0 Å². The Morgan fingerprint density at radius 3 is 2.79 bits per heavy atom. The molecule has 0 aromatic heterocycles. The molecular formula is C14H24N2O3. The summed E-state index contributed by atoms with van der Waals surface area (Å²) in [5.74, 6) is 0.0319. The van der Waals surface area contributed by atoms with E-state index in [1.165, 1.54) is 0 Å². The van der Waals surface area contributed by atoms with E-state index < -0.39 is 5.97 Å². The van der Waals surface area contributed by atoms with Crippen LogP contribution in [-0.4, -0.2) is 48.1 Å². The zero-order valence-electron chi connectivity index (χ0n) is 11.4. The highest BCUT2D eigenvalue weighted by Crippen LogP contribution is 2.23. The van der Waals surface area contributed by atoms with Crippen molar-refractivity contribution in [2.45, 2.75) is 38.5 Å². The Balaban J connectivity index is 1.82. The molecule has 2 atom stereocenters. The highest BCUT2D eigenvalue weighted by atomic mass is 16.4. The standard InChI is InChI=1S/C14H24N2O3/c17-13(18)6-5-11-3-2-8-16(10-11)14(19)12-4-1-7-15-9-12/h11-12,15H,1-10H2,(H,17,18)/t11?,12-/m0/s1. The van der Waals surface area contributed by atoms with Gasteiger partial charge in [0, 0.05) is 26.1 Å². The molecule has 2 aliphatic heterocycles. The highest BCUT2D eigenvalue weighted by Gasteiger charge is 2.29. The summed E-state index contributed by atoms with van der Waals surface area (Å²) in [6.07, 6.45) is 5.05. The quantitative estimate of drug-likeness (QED) is 0.801. The van der Waals surface area contributed by atoms with Gasteiger partial charge in [-0.25, -0.2) is 0 Å². The molecule has 5 heteroatoms. The predicted molar refractivity (Wildman–Crippen MR) is 71.8 cm³/mol. The summed E-state index contributed by atoms with van der Waals surface area (Å²) >= 11 is 0. The second-order valence-electron chi connectivity index (χ2n) is 5.77. The van der Waals surface area contributed by atoms with Crippen LogP contribution in [0.2, 0.25) is 0 Å². The first kappa shape index (κ1) is 14.3. The third-order valence-corrected chi connectivity index (χ3v) is 4.24. The molecular weight excluding hydrogens is 244 g/mol. The van der Waals surface area contributed by atoms with E-state index in [4.69, 9.17) is 5.11 Å². The first-order chi connectivity index (χ1) is 9.16. The predicted octanol–water partition coefficient (Wildman–Crippen LogP) is 1.09. The summed E-state index contributed by atoms with van der Waals surface area (Å²) in [7, 11) is 0. The van der Waals surface area contributed by atoms with E-state index >= 15 is 0 Å². The van der Waals surface area contributed by atoms with E-state index in [1.54, 1.807) is 0 Å². The maximum atomic E-state index is 12.4. The SMILES string of the molecule is O=C(O)CCC1CCCN(C(=O)[C@H]2CCCNC2)C1. The van der Waals surface area contributed by atoms with Gasteiger partial charge in [0.15, 0.2) is 0 Å². The molecule has 2 saturated heterocycles. The number of rotatable bonds is 4. The van der Waals surface area contributed by atoms with Crippen LogP contribution < -0.4 is 5.32 Å². The molecule has 2 fully saturated rings. The first-order valence-corrected chi connectivity index (χ1v) is 7.38. The fourth-order valence-electron chi connectivity index (χ4n) is 3.15. The van der Waals surface area contributed by atoms with Crippen LogP contribution in [0, 0.1) is 11.8 Å². The number of carbonyl (C=O) groups excluding carboxylic acids is 1. The lowest BCUT2D eigenvalue weighted by atomic mass is 9.91. The molecule has 5 nitrogen and oxygen atoms in total. The number of piperidine rings is 2. The molecule has 108 valence electrons. The van der Waals surface area contributed by atoms with Gasteiger partial charge in [0.25, 0.3) is 0 Å². The molecule has 0 bridgehead atoms. The van der Waals surface area contributed by atoms with Crippen LogP contribution in [-0.2, 0) is 9.59 Å². The fourth-order valence-corrected chi connectivity index (χ4v) is 3.15. The van der Waals surface area contributed by atoms with Crippen LogP contribution in [0.4, 0.5) is 0 Å². The van der Waals surface area contributed by atoms with E-state index in [0.717, 1.165) is 51.9 Å². The van der Waals surface area contributed by atoms with Crippen LogP contribution in [0.1, 0.15) is 38.5 Å². The third-order valence-electron chi connectivity index (χ3n) is 4.24. The second-order valence-corrected chi connectivity index (χ2v) is 5.77. The Kier molecular flexibility index (Phi) is 5.19. The molecule has 19 heavy (non-hydrogen) atoms. The van der Waals surface area contributed by atoms with Crippen molar-refractivity contribution >= 4 is 11.9 Å². The van der Waals surface area contributed by atoms with Crippen molar-refractivity contribution in [1.82, 2.24) is 10.2 Å². The number of aliphatic carboxylic acids is 1. The minimum atomic E-state index is -0.736. The average Bonchev–Trinajstić information content (AvgIpc) is 2.45. The Bertz CT molecular complexity index is 327. The first-order valence-electron chi connectivity index (χ1n) is 7.38. The molecule has 2 rings (SSSR count). The van der Waals surface area contributed by atoms with Crippen molar-refractivity contribution in [2.24, 2.45) is 11.8 Å². The molecule has 0 aromatic rings. The van der Waals surface area contributed by atoms with Gasteiger partial charge >= 0.3 is 5.97 Å². The van der Waals surface area contributed by atoms with Crippen molar-refractivity contribution in [3.05, 3.63) is 0 Å². The summed E-state index contributed by atoms with van der Waals surface area (Å²) in [4.78, 5) is 25.0. The largest absolute Gasteiger partial charge is 0.481 e. The number of carboxylic acid groups (broad SMARTS) is 1. The maximum absolute atomic E-state index is 12.4. The van der Waals surface area contributed by atoms with E-state index in [-0.39, 0.29) is 18.2 Å². The smallest absolute Gasteiger partial charge is 0.303 e. The zero-order chi connectivity index (χ0) is 13.7. The molecule has 2 aliphatic rings. The van der Waals surface area contributed by atoms with Crippen LogP contribution in [0.25, 0.3) is 0 Å². The van der Waals surface area contributed by atoms with Gasteiger partial charge in [-0.05, 0) is 44.6 Å². The van der Waals surface area contributed by atoms with Crippen LogP contribution in [0.5, 0.6) is 0 Å². The van der Waals surface area contributed by atoms with Gasteiger partial charge in [0.2, 0.25) is 5.91 Å². The number of hydrogen-bond acceptors (Lipinski definition) is 3.